The molecule has 0 aliphatic carbocycles. The predicted molar refractivity (Wildman–Crippen MR) is 42.8 cm³/mol. The summed E-state index contributed by atoms with van der Waals surface area (Å²) in [4.78, 5) is 13.6. The molecule has 1 aromatic rings. The molecule has 1 amide bonds. The van der Waals surface area contributed by atoms with Crippen molar-refractivity contribution < 1.29 is 9.32 Å². The van der Waals surface area contributed by atoms with Gasteiger partial charge in [-0.2, -0.15) is 0 Å². The van der Waals surface area contributed by atoms with E-state index in [0.717, 1.165) is 0 Å². The van der Waals surface area contributed by atoms with E-state index in [0.29, 0.717) is 0 Å². The van der Waals surface area contributed by atoms with E-state index in [9.17, 15) is 4.79 Å². The summed E-state index contributed by atoms with van der Waals surface area (Å²) in [5.41, 5.74) is 7.93. The van der Waals surface area contributed by atoms with Crippen molar-refractivity contribution >= 4 is 5.91 Å². The average molecular weight is 181 g/mol. The highest BCUT2D eigenvalue weighted by atomic mass is 16.5. The molecule has 0 saturated carbocycles. The Morgan fingerprint density at radius 3 is 3.31 bits per heavy atom. The molecule has 68 valence electrons. The minimum atomic E-state index is -0.370. The zero-order valence-electron chi connectivity index (χ0n) is 6.67. The maximum absolute atomic E-state index is 11.1. The first-order chi connectivity index (χ1) is 6.34. The van der Waals surface area contributed by atoms with E-state index in [2.05, 4.69) is 25.0 Å². The topological polar surface area (TPSA) is 104 Å². The molecular formula is C6H7N5O2. The van der Waals surface area contributed by atoms with Gasteiger partial charge in [0.25, 0.3) is 5.91 Å². The van der Waals surface area contributed by atoms with Crippen molar-refractivity contribution in [1.29, 1.82) is 0 Å². The molecule has 0 aromatic carbocycles. The number of azide groups is 1. The Bertz CT molecular complexity index is 314. The van der Waals surface area contributed by atoms with Crippen LogP contribution in [0.5, 0.6) is 0 Å². The first-order valence-electron chi connectivity index (χ1n) is 3.54. The number of aromatic nitrogens is 1. The van der Waals surface area contributed by atoms with Gasteiger partial charge in [0.05, 0.1) is 6.20 Å². The summed E-state index contributed by atoms with van der Waals surface area (Å²) in [6, 6.07) is 1.45. The van der Waals surface area contributed by atoms with Gasteiger partial charge in [0.15, 0.2) is 0 Å². The van der Waals surface area contributed by atoms with E-state index in [1.807, 2.05) is 0 Å². The average Bonchev–Trinajstić information content (AvgIpc) is 2.65. The van der Waals surface area contributed by atoms with Gasteiger partial charge >= 0.3 is 0 Å². The summed E-state index contributed by atoms with van der Waals surface area (Å²) in [5, 5.41) is 9.10. The normalized spacial score (nSPS) is 8.92. The fraction of sp³-hybridized carbons (Fsp3) is 0.333. The molecule has 0 spiro atoms. The van der Waals surface area contributed by atoms with E-state index in [1.165, 1.54) is 12.3 Å². The summed E-state index contributed by atoms with van der Waals surface area (Å²) in [5.74, 6) is -0.230. The van der Waals surface area contributed by atoms with Crippen LogP contribution in [-0.4, -0.2) is 24.2 Å². The van der Waals surface area contributed by atoms with E-state index >= 15 is 0 Å². The van der Waals surface area contributed by atoms with Crippen molar-refractivity contribution in [2.24, 2.45) is 5.11 Å². The highest BCUT2D eigenvalue weighted by Gasteiger charge is 2.07. The van der Waals surface area contributed by atoms with Crippen LogP contribution in [0.3, 0.4) is 0 Å². The Balaban J connectivity index is 2.30. The van der Waals surface area contributed by atoms with Gasteiger partial charge in [-0.05, 0) is 5.53 Å². The number of hydrogen-bond acceptors (Lipinski definition) is 4. The predicted octanol–water partition coefficient (Wildman–Crippen LogP) is 0.715. The molecule has 0 radical (unpaired) electrons. The molecule has 7 nitrogen and oxygen atoms in total. The Morgan fingerprint density at radius 2 is 2.69 bits per heavy atom. The molecular weight excluding hydrogens is 174 g/mol. The van der Waals surface area contributed by atoms with E-state index in [1.54, 1.807) is 0 Å². The van der Waals surface area contributed by atoms with Gasteiger partial charge in [-0.1, -0.05) is 10.3 Å². The van der Waals surface area contributed by atoms with Crippen molar-refractivity contribution in [2.45, 2.75) is 0 Å². The Labute approximate surface area is 73.3 Å². The number of hydrogen-bond donors (Lipinski definition) is 1. The number of carbonyl (C=O) groups excluding carboxylic acids is 1. The van der Waals surface area contributed by atoms with Crippen molar-refractivity contribution in [3.63, 3.8) is 0 Å². The first-order valence-corrected chi connectivity index (χ1v) is 3.54. The molecule has 13 heavy (non-hydrogen) atoms. The Morgan fingerprint density at radius 1 is 1.85 bits per heavy atom. The van der Waals surface area contributed by atoms with Crippen molar-refractivity contribution in [3.05, 3.63) is 28.5 Å². The number of amides is 1. The van der Waals surface area contributed by atoms with Crippen molar-refractivity contribution in [2.75, 3.05) is 13.1 Å². The molecule has 0 aliphatic heterocycles. The van der Waals surface area contributed by atoms with Gasteiger partial charge in [0, 0.05) is 24.1 Å². The smallest absolute Gasteiger partial charge is 0.289 e. The quantitative estimate of drug-likeness (QED) is 0.320. The highest BCUT2D eigenvalue weighted by Crippen LogP contribution is 1.94. The van der Waals surface area contributed by atoms with Crippen molar-refractivity contribution in [3.8, 4) is 0 Å². The van der Waals surface area contributed by atoms with Crippen LogP contribution < -0.4 is 5.32 Å². The second kappa shape index (κ2) is 4.78. The van der Waals surface area contributed by atoms with Gasteiger partial charge in [-0.25, -0.2) is 0 Å². The van der Waals surface area contributed by atoms with Crippen LogP contribution >= 0.6 is 0 Å². The molecule has 1 rings (SSSR count). The van der Waals surface area contributed by atoms with E-state index in [4.69, 9.17) is 5.53 Å². The van der Waals surface area contributed by atoms with Gasteiger partial charge in [0.2, 0.25) is 5.76 Å². The molecule has 1 aromatic heterocycles. The van der Waals surface area contributed by atoms with Crippen LogP contribution in [0.15, 0.2) is 21.9 Å². The van der Waals surface area contributed by atoms with Crippen LogP contribution in [0.1, 0.15) is 10.6 Å². The van der Waals surface area contributed by atoms with Gasteiger partial charge in [-0.3, -0.25) is 4.79 Å². The maximum Gasteiger partial charge on any atom is 0.289 e. The number of carbonyl (C=O) groups is 1. The highest BCUT2D eigenvalue weighted by molar-refractivity contribution is 5.91. The molecule has 1 N–H and O–H groups in total. The van der Waals surface area contributed by atoms with Crippen LogP contribution in [0.25, 0.3) is 10.4 Å². The molecule has 0 unspecified atom stereocenters. The minimum Gasteiger partial charge on any atom is -0.351 e. The van der Waals surface area contributed by atoms with E-state index < -0.39 is 0 Å². The van der Waals surface area contributed by atoms with Crippen LogP contribution in [0.2, 0.25) is 0 Å². The summed E-state index contributed by atoms with van der Waals surface area (Å²) in [7, 11) is 0. The fourth-order valence-corrected chi connectivity index (χ4v) is 0.684. The summed E-state index contributed by atoms with van der Waals surface area (Å²) < 4.78 is 4.59. The monoisotopic (exact) mass is 181 g/mol. The summed E-state index contributed by atoms with van der Waals surface area (Å²) in [6.45, 7) is 0.500. The zero-order valence-corrected chi connectivity index (χ0v) is 6.67. The Kier molecular flexibility index (Phi) is 3.34. The number of nitrogens with one attached hydrogen (secondary N) is 1. The largest absolute Gasteiger partial charge is 0.351 e. The molecule has 1 heterocycles. The van der Waals surface area contributed by atoms with E-state index in [-0.39, 0.29) is 24.8 Å². The lowest BCUT2D eigenvalue weighted by Gasteiger charge is -1.97. The zero-order chi connectivity index (χ0) is 9.52. The molecule has 0 bridgehead atoms. The summed E-state index contributed by atoms with van der Waals surface area (Å²) >= 11 is 0. The van der Waals surface area contributed by atoms with Crippen LogP contribution in [0, 0.1) is 0 Å². The Hall–Kier alpha value is -2.01. The second-order valence-electron chi connectivity index (χ2n) is 2.09. The minimum absolute atomic E-state index is 0.140. The lowest BCUT2D eigenvalue weighted by atomic mass is 10.4. The third-order valence-electron chi connectivity index (χ3n) is 1.22. The molecule has 0 saturated heterocycles. The van der Waals surface area contributed by atoms with Crippen LogP contribution in [0.4, 0.5) is 0 Å². The first kappa shape index (κ1) is 9.08. The molecule has 0 fully saturated rings. The third kappa shape index (κ3) is 2.84. The number of nitrogens with zero attached hydrogens (tertiary/aromatic N) is 4. The maximum atomic E-state index is 11.1. The standard InChI is InChI=1S/C6H7N5O2/c7-11-9-4-3-8-6(12)5-1-2-10-13-5/h1-2H,3-4H2,(H,8,12). The van der Waals surface area contributed by atoms with Gasteiger partial charge in [0.1, 0.15) is 0 Å². The number of rotatable bonds is 4. The molecule has 0 aliphatic rings. The summed E-state index contributed by atoms with van der Waals surface area (Å²) in [6.07, 6.45) is 1.38. The molecule has 7 heteroatoms. The van der Waals surface area contributed by atoms with Crippen molar-refractivity contribution in [1.82, 2.24) is 10.5 Å². The lowest BCUT2D eigenvalue weighted by Crippen LogP contribution is -2.25. The second-order valence-corrected chi connectivity index (χ2v) is 2.09. The fourth-order valence-electron chi connectivity index (χ4n) is 0.684. The van der Waals surface area contributed by atoms with Gasteiger partial charge < -0.3 is 9.84 Å². The third-order valence-corrected chi connectivity index (χ3v) is 1.22. The SMILES string of the molecule is [N-]=[N+]=NCCNC(=O)c1ccno1. The lowest BCUT2D eigenvalue weighted by molar-refractivity contribution is 0.0918. The van der Waals surface area contributed by atoms with Crippen LogP contribution in [-0.2, 0) is 0 Å². The molecule has 0 atom stereocenters. The van der Waals surface area contributed by atoms with Gasteiger partial charge in [-0.15, -0.1) is 0 Å².